The average Bonchev–Trinajstić information content (AvgIpc) is 3.28. The molecule has 30 heavy (non-hydrogen) atoms. The van der Waals surface area contributed by atoms with Crippen LogP contribution in [0.25, 0.3) is 0 Å². The molecular weight excluding hydrogens is 378 g/mol. The maximum atomic E-state index is 12.8. The van der Waals surface area contributed by atoms with Gasteiger partial charge in [0.25, 0.3) is 11.8 Å². The van der Waals surface area contributed by atoms with E-state index in [1.165, 1.54) is 6.33 Å². The minimum atomic E-state index is -0.0409. The number of carbonyl (C=O) groups is 2. The van der Waals surface area contributed by atoms with Crippen LogP contribution in [0.1, 0.15) is 44.7 Å². The second-order valence-electron chi connectivity index (χ2n) is 7.64. The topological polar surface area (TPSA) is 80.1 Å². The Balaban J connectivity index is 1.30. The van der Waals surface area contributed by atoms with Gasteiger partial charge in [0.2, 0.25) is 0 Å². The maximum Gasteiger partial charge on any atom is 0.253 e. The second kappa shape index (κ2) is 8.90. The van der Waals surface area contributed by atoms with Gasteiger partial charge in [-0.15, -0.1) is 0 Å². The van der Waals surface area contributed by atoms with Crippen molar-refractivity contribution in [2.24, 2.45) is 0 Å². The molecule has 0 spiro atoms. The normalized spacial score (nSPS) is 14.5. The molecule has 3 aromatic rings. The summed E-state index contributed by atoms with van der Waals surface area (Å²) in [7, 11) is 0. The molecule has 2 heterocycles. The van der Waals surface area contributed by atoms with Crippen molar-refractivity contribution in [1.82, 2.24) is 25.0 Å². The summed E-state index contributed by atoms with van der Waals surface area (Å²) in [6.45, 7) is 3.84. The Kier molecular flexibility index (Phi) is 5.88. The minimum Gasteiger partial charge on any atom is -0.349 e. The van der Waals surface area contributed by atoms with E-state index in [1.54, 1.807) is 11.0 Å². The predicted octanol–water partition coefficient (Wildman–Crippen LogP) is 2.67. The van der Waals surface area contributed by atoms with Gasteiger partial charge in [0.05, 0.1) is 6.54 Å². The molecule has 7 nitrogen and oxygen atoms in total. The Labute approximate surface area is 175 Å². The molecule has 1 N–H and O–H groups in total. The van der Waals surface area contributed by atoms with Gasteiger partial charge in [-0.25, -0.2) is 9.67 Å². The number of rotatable bonds is 5. The molecule has 1 fully saturated rings. The first-order valence-corrected chi connectivity index (χ1v) is 10.2. The van der Waals surface area contributed by atoms with Crippen molar-refractivity contribution in [1.29, 1.82) is 0 Å². The van der Waals surface area contributed by atoms with Crippen LogP contribution in [0.2, 0.25) is 0 Å². The van der Waals surface area contributed by atoms with E-state index in [4.69, 9.17) is 0 Å². The highest BCUT2D eigenvalue weighted by Crippen LogP contribution is 2.16. The molecular formula is C23H25N5O2. The van der Waals surface area contributed by atoms with E-state index in [1.807, 2.05) is 60.4 Å². The van der Waals surface area contributed by atoms with Crippen LogP contribution in [-0.2, 0) is 6.54 Å². The molecule has 0 unspecified atom stereocenters. The average molecular weight is 403 g/mol. The van der Waals surface area contributed by atoms with Gasteiger partial charge in [-0.3, -0.25) is 9.59 Å². The summed E-state index contributed by atoms with van der Waals surface area (Å²) in [5, 5.41) is 7.21. The molecule has 2 aromatic carbocycles. The number of nitrogens with one attached hydrogen (secondary N) is 1. The highest BCUT2D eigenvalue weighted by Gasteiger charge is 2.25. The highest BCUT2D eigenvalue weighted by atomic mass is 16.2. The molecule has 1 aliphatic heterocycles. The molecule has 2 amide bonds. The number of hydrogen-bond donors (Lipinski definition) is 1. The van der Waals surface area contributed by atoms with Crippen LogP contribution in [0, 0.1) is 6.92 Å². The smallest absolute Gasteiger partial charge is 0.253 e. The summed E-state index contributed by atoms with van der Waals surface area (Å²) in [5.74, 6) is -0.00756. The lowest BCUT2D eigenvalue weighted by Gasteiger charge is -2.32. The Morgan fingerprint density at radius 2 is 1.80 bits per heavy atom. The molecule has 4 rings (SSSR count). The molecule has 154 valence electrons. The summed E-state index contributed by atoms with van der Waals surface area (Å²) < 4.78 is 1.74. The van der Waals surface area contributed by atoms with Crippen molar-refractivity contribution in [3.05, 3.63) is 83.4 Å². The van der Waals surface area contributed by atoms with Crippen molar-refractivity contribution in [3.63, 3.8) is 0 Å². The first kappa shape index (κ1) is 19.8. The van der Waals surface area contributed by atoms with Crippen LogP contribution in [0.5, 0.6) is 0 Å². The van der Waals surface area contributed by atoms with Crippen molar-refractivity contribution >= 4 is 11.8 Å². The Bertz CT molecular complexity index is 1010. The lowest BCUT2D eigenvalue weighted by atomic mass is 10.0. The van der Waals surface area contributed by atoms with Crippen LogP contribution < -0.4 is 5.32 Å². The third-order valence-electron chi connectivity index (χ3n) is 5.52. The molecule has 0 bridgehead atoms. The van der Waals surface area contributed by atoms with Crippen molar-refractivity contribution < 1.29 is 9.59 Å². The number of benzene rings is 2. The number of likely N-dealkylation sites (tertiary alicyclic amines) is 1. The van der Waals surface area contributed by atoms with Crippen LogP contribution in [-0.4, -0.2) is 50.6 Å². The summed E-state index contributed by atoms with van der Waals surface area (Å²) >= 11 is 0. The van der Waals surface area contributed by atoms with Gasteiger partial charge < -0.3 is 10.2 Å². The SMILES string of the molecule is Cc1ccccc1C(=O)NC1CCN(C(=O)c2ccc(Cn3cncn3)cc2)CC1. The maximum absolute atomic E-state index is 12.8. The monoisotopic (exact) mass is 403 g/mol. The number of carbonyl (C=O) groups excluding carboxylic acids is 2. The highest BCUT2D eigenvalue weighted by molar-refractivity contribution is 5.96. The van der Waals surface area contributed by atoms with Gasteiger partial charge >= 0.3 is 0 Å². The van der Waals surface area contributed by atoms with E-state index in [2.05, 4.69) is 15.4 Å². The van der Waals surface area contributed by atoms with E-state index in [0.717, 1.165) is 24.0 Å². The van der Waals surface area contributed by atoms with Gasteiger partial charge in [0.15, 0.2) is 0 Å². The van der Waals surface area contributed by atoms with Crippen molar-refractivity contribution in [2.45, 2.75) is 32.4 Å². The van der Waals surface area contributed by atoms with E-state index >= 15 is 0 Å². The number of aromatic nitrogens is 3. The molecule has 0 saturated carbocycles. The minimum absolute atomic E-state index is 0.0333. The van der Waals surface area contributed by atoms with E-state index in [-0.39, 0.29) is 17.9 Å². The molecule has 0 radical (unpaired) electrons. The first-order chi connectivity index (χ1) is 14.6. The first-order valence-electron chi connectivity index (χ1n) is 10.2. The van der Waals surface area contributed by atoms with Gasteiger partial charge in [-0.2, -0.15) is 5.10 Å². The predicted molar refractivity (Wildman–Crippen MR) is 113 cm³/mol. The molecule has 1 aliphatic rings. The lowest BCUT2D eigenvalue weighted by molar-refractivity contribution is 0.0698. The molecule has 0 aliphatic carbocycles. The third-order valence-corrected chi connectivity index (χ3v) is 5.52. The zero-order valence-electron chi connectivity index (χ0n) is 17.0. The van der Waals surface area contributed by atoms with Crippen LogP contribution in [0.4, 0.5) is 0 Å². The zero-order chi connectivity index (χ0) is 20.9. The fourth-order valence-electron chi connectivity index (χ4n) is 3.75. The van der Waals surface area contributed by atoms with Gasteiger partial charge in [0.1, 0.15) is 12.7 Å². The summed E-state index contributed by atoms with van der Waals surface area (Å²) in [6.07, 6.45) is 4.69. The second-order valence-corrected chi connectivity index (χ2v) is 7.64. The largest absolute Gasteiger partial charge is 0.349 e. The Morgan fingerprint density at radius 3 is 2.47 bits per heavy atom. The Morgan fingerprint density at radius 1 is 1.07 bits per heavy atom. The van der Waals surface area contributed by atoms with Gasteiger partial charge in [-0.05, 0) is 49.1 Å². The quantitative estimate of drug-likeness (QED) is 0.710. The van der Waals surface area contributed by atoms with Gasteiger partial charge in [0, 0.05) is 30.3 Å². The molecule has 1 saturated heterocycles. The lowest BCUT2D eigenvalue weighted by Crippen LogP contribution is -2.46. The fourth-order valence-corrected chi connectivity index (χ4v) is 3.75. The van der Waals surface area contributed by atoms with Crippen molar-refractivity contribution in [3.8, 4) is 0 Å². The number of amides is 2. The fraction of sp³-hybridized carbons (Fsp3) is 0.304. The van der Waals surface area contributed by atoms with Crippen LogP contribution >= 0.6 is 0 Å². The number of nitrogens with zero attached hydrogens (tertiary/aromatic N) is 4. The number of hydrogen-bond acceptors (Lipinski definition) is 4. The molecule has 1 aromatic heterocycles. The third kappa shape index (κ3) is 4.56. The molecule has 7 heteroatoms. The van der Waals surface area contributed by atoms with E-state index in [0.29, 0.717) is 30.8 Å². The molecule has 0 atom stereocenters. The van der Waals surface area contributed by atoms with E-state index < -0.39 is 0 Å². The van der Waals surface area contributed by atoms with E-state index in [9.17, 15) is 9.59 Å². The Hall–Kier alpha value is -3.48. The number of aryl methyl sites for hydroxylation is 1. The van der Waals surface area contributed by atoms with Crippen molar-refractivity contribution in [2.75, 3.05) is 13.1 Å². The van der Waals surface area contributed by atoms with Gasteiger partial charge in [-0.1, -0.05) is 30.3 Å². The van der Waals surface area contributed by atoms with Crippen LogP contribution in [0.15, 0.2) is 61.2 Å². The zero-order valence-corrected chi connectivity index (χ0v) is 17.0. The summed E-state index contributed by atoms with van der Waals surface area (Å²) in [5.41, 5.74) is 3.42. The number of piperidine rings is 1. The summed E-state index contributed by atoms with van der Waals surface area (Å²) in [4.78, 5) is 31.1. The standard InChI is InChI=1S/C23H25N5O2/c1-17-4-2-3-5-21(17)22(29)26-20-10-12-27(13-11-20)23(30)19-8-6-18(7-9-19)14-28-16-24-15-25-28/h2-9,15-16,20H,10-14H2,1H3,(H,26,29). The van der Waals surface area contributed by atoms with Crippen LogP contribution in [0.3, 0.4) is 0 Å². The summed E-state index contributed by atoms with van der Waals surface area (Å²) in [6, 6.07) is 15.3.